The summed E-state index contributed by atoms with van der Waals surface area (Å²) in [6.07, 6.45) is 5.15. The van der Waals surface area contributed by atoms with Crippen molar-refractivity contribution in [2.75, 3.05) is 11.9 Å². The minimum absolute atomic E-state index is 0.0975. The van der Waals surface area contributed by atoms with E-state index < -0.39 is 5.25 Å². The Morgan fingerprint density at radius 2 is 2.37 bits per heavy atom. The van der Waals surface area contributed by atoms with Crippen LogP contribution in [0.2, 0.25) is 5.02 Å². The van der Waals surface area contributed by atoms with Crippen molar-refractivity contribution in [3.8, 4) is 12.3 Å². The first-order valence-electron chi connectivity index (χ1n) is 5.57. The van der Waals surface area contributed by atoms with E-state index >= 15 is 0 Å². The highest BCUT2D eigenvalue weighted by molar-refractivity contribution is 8.01. The molecule has 19 heavy (non-hydrogen) atoms. The number of halogens is 1. The quantitative estimate of drug-likeness (QED) is 0.837. The summed E-state index contributed by atoms with van der Waals surface area (Å²) in [5.41, 5.74) is 0.683. The van der Waals surface area contributed by atoms with Crippen LogP contribution in [0.1, 0.15) is 6.42 Å². The molecule has 0 aliphatic carbocycles. The lowest BCUT2D eigenvalue weighted by molar-refractivity contribution is -0.123. The number of nitrogens with one attached hydrogen (secondary N) is 2. The molecule has 0 saturated heterocycles. The Morgan fingerprint density at radius 1 is 1.58 bits per heavy atom. The van der Waals surface area contributed by atoms with E-state index in [1.807, 2.05) is 6.07 Å². The van der Waals surface area contributed by atoms with Crippen molar-refractivity contribution in [2.45, 2.75) is 16.6 Å². The number of carbonyl (C=O) groups excluding carboxylic acids is 2. The molecule has 1 atom stereocenters. The maximum absolute atomic E-state index is 11.9. The summed E-state index contributed by atoms with van der Waals surface area (Å²) in [5.74, 6) is 1.88. The number of hydrogen-bond donors (Lipinski definition) is 2. The molecule has 1 heterocycles. The van der Waals surface area contributed by atoms with Crippen molar-refractivity contribution in [3.05, 3.63) is 23.2 Å². The minimum atomic E-state index is -0.452. The molecule has 1 aliphatic rings. The number of fused-ring (bicyclic) bond motifs is 1. The van der Waals surface area contributed by atoms with Gasteiger partial charge in [0, 0.05) is 16.3 Å². The Balaban J connectivity index is 2.05. The van der Waals surface area contributed by atoms with E-state index in [1.54, 1.807) is 12.1 Å². The van der Waals surface area contributed by atoms with Crippen LogP contribution in [0.25, 0.3) is 0 Å². The molecular weight excluding hydrogens is 284 g/mol. The minimum Gasteiger partial charge on any atom is -0.345 e. The molecule has 98 valence electrons. The van der Waals surface area contributed by atoms with Crippen molar-refractivity contribution in [3.63, 3.8) is 0 Å². The fourth-order valence-electron chi connectivity index (χ4n) is 1.65. The molecule has 0 fully saturated rings. The van der Waals surface area contributed by atoms with Crippen LogP contribution in [-0.2, 0) is 9.59 Å². The molecule has 1 unspecified atom stereocenters. The monoisotopic (exact) mass is 294 g/mol. The molecule has 2 N–H and O–H groups in total. The van der Waals surface area contributed by atoms with Gasteiger partial charge >= 0.3 is 0 Å². The SMILES string of the molecule is C#CCNC(=O)CC1Sc2ccc(Cl)cc2NC1=O. The zero-order chi connectivity index (χ0) is 13.8. The Hall–Kier alpha value is -1.64. The van der Waals surface area contributed by atoms with Crippen molar-refractivity contribution < 1.29 is 9.59 Å². The molecule has 0 saturated carbocycles. The molecule has 6 heteroatoms. The molecule has 0 aromatic heterocycles. The van der Waals surface area contributed by atoms with Gasteiger partial charge in [0.2, 0.25) is 11.8 Å². The second kappa shape index (κ2) is 6.00. The lowest BCUT2D eigenvalue weighted by Crippen LogP contribution is -2.35. The molecule has 2 rings (SSSR count). The fraction of sp³-hybridized carbons (Fsp3) is 0.231. The number of benzene rings is 1. The zero-order valence-corrected chi connectivity index (χ0v) is 11.5. The Labute approximate surface area is 120 Å². The number of thioether (sulfide) groups is 1. The van der Waals surface area contributed by atoms with E-state index in [-0.39, 0.29) is 24.8 Å². The Kier molecular flexibility index (Phi) is 4.35. The number of anilines is 1. The number of terminal acetylenes is 1. The third-order valence-electron chi connectivity index (χ3n) is 2.52. The van der Waals surface area contributed by atoms with Gasteiger partial charge in [0.25, 0.3) is 0 Å². The maximum Gasteiger partial charge on any atom is 0.238 e. The topological polar surface area (TPSA) is 58.2 Å². The third-order valence-corrected chi connectivity index (χ3v) is 4.03. The van der Waals surface area contributed by atoms with Gasteiger partial charge in [-0.15, -0.1) is 18.2 Å². The van der Waals surface area contributed by atoms with Gasteiger partial charge in [0.1, 0.15) is 0 Å². The number of rotatable bonds is 3. The van der Waals surface area contributed by atoms with Gasteiger partial charge in [0.05, 0.1) is 17.5 Å². The number of hydrogen-bond acceptors (Lipinski definition) is 3. The van der Waals surface area contributed by atoms with Gasteiger partial charge in [0.15, 0.2) is 0 Å². The van der Waals surface area contributed by atoms with Gasteiger partial charge in [-0.1, -0.05) is 17.5 Å². The van der Waals surface area contributed by atoms with Gasteiger partial charge in [-0.05, 0) is 18.2 Å². The summed E-state index contributed by atoms with van der Waals surface area (Å²) in [7, 11) is 0. The highest BCUT2D eigenvalue weighted by atomic mass is 35.5. The van der Waals surface area contributed by atoms with Crippen LogP contribution in [0, 0.1) is 12.3 Å². The molecule has 0 radical (unpaired) electrons. The number of amides is 2. The average Bonchev–Trinajstić information content (AvgIpc) is 2.37. The fourth-order valence-corrected chi connectivity index (χ4v) is 2.91. The van der Waals surface area contributed by atoms with Crippen LogP contribution in [0.5, 0.6) is 0 Å². The van der Waals surface area contributed by atoms with Crippen LogP contribution in [0.3, 0.4) is 0 Å². The molecule has 1 aliphatic heterocycles. The van der Waals surface area contributed by atoms with Crippen LogP contribution in [0.15, 0.2) is 23.1 Å². The normalized spacial score (nSPS) is 17.1. The first kappa shape index (κ1) is 13.8. The molecule has 1 aromatic rings. The van der Waals surface area contributed by atoms with Crippen molar-refractivity contribution in [1.82, 2.24) is 5.32 Å². The summed E-state index contributed by atoms with van der Waals surface area (Å²) in [5, 5.41) is 5.40. The van der Waals surface area contributed by atoms with Gasteiger partial charge in [-0.3, -0.25) is 9.59 Å². The number of carbonyl (C=O) groups is 2. The van der Waals surface area contributed by atoms with E-state index in [4.69, 9.17) is 18.0 Å². The van der Waals surface area contributed by atoms with E-state index in [1.165, 1.54) is 11.8 Å². The first-order valence-corrected chi connectivity index (χ1v) is 6.83. The van der Waals surface area contributed by atoms with E-state index in [9.17, 15) is 9.59 Å². The lowest BCUT2D eigenvalue weighted by atomic mass is 10.2. The molecule has 1 aromatic carbocycles. The molecule has 4 nitrogen and oxygen atoms in total. The van der Waals surface area contributed by atoms with Crippen molar-refractivity contribution >= 4 is 40.9 Å². The summed E-state index contributed by atoms with van der Waals surface area (Å²) in [6, 6.07) is 5.27. The summed E-state index contributed by atoms with van der Waals surface area (Å²) < 4.78 is 0. The van der Waals surface area contributed by atoms with Gasteiger partial charge < -0.3 is 10.6 Å². The second-order valence-electron chi connectivity index (χ2n) is 3.92. The highest BCUT2D eigenvalue weighted by Gasteiger charge is 2.28. The van der Waals surface area contributed by atoms with Crippen LogP contribution in [-0.4, -0.2) is 23.6 Å². The molecule has 0 bridgehead atoms. The zero-order valence-electron chi connectivity index (χ0n) is 9.90. The van der Waals surface area contributed by atoms with E-state index in [2.05, 4.69) is 16.6 Å². The van der Waals surface area contributed by atoms with Crippen molar-refractivity contribution in [1.29, 1.82) is 0 Å². The van der Waals surface area contributed by atoms with Crippen molar-refractivity contribution in [2.24, 2.45) is 0 Å². The molecule has 0 spiro atoms. The lowest BCUT2D eigenvalue weighted by Gasteiger charge is -2.23. The van der Waals surface area contributed by atoms with Crippen LogP contribution >= 0.6 is 23.4 Å². The molecular formula is C13H11ClN2O2S. The van der Waals surface area contributed by atoms with Gasteiger partial charge in [-0.2, -0.15) is 0 Å². The Bertz CT molecular complexity index is 568. The smallest absolute Gasteiger partial charge is 0.238 e. The third kappa shape index (κ3) is 3.43. The van der Waals surface area contributed by atoms with E-state index in [0.717, 1.165) is 4.90 Å². The van der Waals surface area contributed by atoms with Gasteiger partial charge in [-0.25, -0.2) is 0 Å². The highest BCUT2D eigenvalue weighted by Crippen LogP contribution is 2.38. The molecule has 2 amide bonds. The predicted molar refractivity (Wildman–Crippen MR) is 76.2 cm³/mol. The van der Waals surface area contributed by atoms with E-state index in [0.29, 0.717) is 10.7 Å². The average molecular weight is 295 g/mol. The first-order chi connectivity index (χ1) is 9.10. The van der Waals surface area contributed by atoms with Crippen LogP contribution < -0.4 is 10.6 Å². The van der Waals surface area contributed by atoms with Crippen LogP contribution in [0.4, 0.5) is 5.69 Å². The summed E-state index contributed by atoms with van der Waals surface area (Å²) in [6.45, 7) is 0.171. The predicted octanol–water partition coefficient (Wildman–Crippen LogP) is 1.89. The Morgan fingerprint density at radius 3 is 3.11 bits per heavy atom. The standard InChI is InChI=1S/C13H11ClN2O2S/c1-2-5-15-12(17)7-11-13(18)16-9-6-8(14)3-4-10(9)19-11/h1,3-4,6,11H,5,7H2,(H,15,17)(H,16,18). The summed E-state index contributed by atoms with van der Waals surface area (Å²) in [4.78, 5) is 24.3. The second-order valence-corrected chi connectivity index (χ2v) is 5.60. The largest absolute Gasteiger partial charge is 0.345 e. The maximum atomic E-state index is 11.9. The summed E-state index contributed by atoms with van der Waals surface area (Å²) >= 11 is 7.21.